The Morgan fingerprint density at radius 2 is 1.14 bits per heavy atom. The Bertz CT molecular complexity index is 2600. The van der Waals surface area contributed by atoms with Crippen molar-refractivity contribution in [2.45, 2.75) is 0 Å². The molecule has 5 heteroatoms. The van der Waals surface area contributed by atoms with Gasteiger partial charge in [-0.05, 0) is 77.9 Å². The number of hydrogen-bond acceptors (Lipinski definition) is 3. The molecule has 0 aliphatic rings. The third kappa shape index (κ3) is 3.63. The van der Waals surface area contributed by atoms with E-state index < -0.39 is 0 Å². The minimum atomic E-state index is 0.503. The van der Waals surface area contributed by atoms with E-state index in [0.29, 0.717) is 22.4 Å². The highest BCUT2D eigenvalue weighted by atomic mass is 15.0. The van der Waals surface area contributed by atoms with E-state index in [0.717, 1.165) is 60.4 Å². The molecule has 0 atom stereocenters. The van der Waals surface area contributed by atoms with Gasteiger partial charge in [0, 0.05) is 27.2 Å². The fourth-order valence-electron chi connectivity index (χ4n) is 6.53. The summed E-state index contributed by atoms with van der Waals surface area (Å²) in [7, 11) is 0. The maximum Gasteiger partial charge on any atom is 0.101 e. The van der Waals surface area contributed by atoms with Crippen LogP contribution in [0.2, 0.25) is 0 Å². The van der Waals surface area contributed by atoms with E-state index in [-0.39, 0.29) is 0 Å². The van der Waals surface area contributed by atoms with E-state index in [1.165, 1.54) is 0 Å². The minimum absolute atomic E-state index is 0.503. The summed E-state index contributed by atoms with van der Waals surface area (Å²) in [5.41, 5.74) is 9.49. The van der Waals surface area contributed by atoms with E-state index in [1.807, 2.05) is 48.5 Å². The lowest BCUT2D eigenvalue weighted by molar-refractivity contribution is 1.16. The number of para-hydroxylation sites is 2. The minimum Gasteiger partial charge on any atom is -0.309 e. The molecule has 0 bridgehead atoms. The second-order valence-corrected chi connectivity index (χ2v) is 10.8. The van der Waals surface area contributed by atoms with Crippen LogP contribution in [-0.2, 0) is 0 Å². The molecule has 0 spiro atoms. The first-order chi connectivity index (χ1) is 21.7. The largest absolute Gasteiger partial charge is 0.309 e. The van der Waals surface area contributed by atoms with Gasteiger partial charge in [0.15, 0.2) is 0 Å². The Kier molecular flexibility index (Phi) is 5.56. The molecule has 0 saturated carbocycles. The van der Waals surface area contributed by atoms with Gasteiger partial charge < -0.3 is 9.13 Å². The van der Waals surface area contributed by atoms with Crippen LogP contribution in [0.4, 0.5) is 0 Å². The van der Waals surface area contributed by atoms with Crippen molar-refractivity contribution in [3.05, 3.63) is 144 Å². The molecule has 0 radical (unpaired) electrons. The van der Waals surface area contributed by atoms with Crippen LogP contribution in [0.15, 0.2) is 127 Å². The zero-order valence-corrected chi connectivity index (χ0v) is 23.4. The molecule has 0 aliphatic heterocycles. The van der Waals surface area contributed by atoms with Gasteiger partial charge >= 0.3 is 0 Å². The summed E-state index contributed by atoms with van der Waals surface area (Å²) in [4.78, 5) is 0. The number of aromatic nitrogens is 2. The number of nitriles is 3. The smallest absolute Gasteiger partial charge is 0.101 e. The molecule has 0 amide bonds. The lowest BCUT2D eigenvalue weighted by atomic mass is 9.98. The Morgan fingerprint density at radius 1 is 0.455 bits per heavy atom. The van der Waals surface area contributed by atoms with Gasteiger partial charge in [0.1, 0.15) is 6.07 Å². The maximum atomic E-state index is 9.99. The van der Waals surface area contributed by atoms with Crippen molar-refractivity contribution in [1.82, 2.24) is 9.13 Å². The molecule has 0 aliphatic carbocycles. The Morgan fingerprint density at radius 3 is 1.93 bits per heavy atom. The van der Waals surface area contributed by atoms with Crippen LogP contribution >= 0.6 is 0 Å². The molecule has 5 nitrogen and oxygen atoms in total. The maximum absolute atomic E-state index is 9.99. The van der Waals surface area contributed by atoms with Gasteiger partial charge in [0.2, 0.25) is 0 Å². The van der Waals surface area contributed by atoms with E-state index in [2.05, 4.69) is 88.0 Å². The summed E-state index contributed by atoms with van der Waals surface area (Å²) >= 11 is 0. The number of hydrogen-bond donors (Lipinski definition) is 0. The van der Waals surface area contributed by atoms with Crippen molar-refractivity contribution < 1.29 is 0 Å². The highest BCUT2D eigenvalue weighted by molar-refractivity contribution is 6.17. The molecule has 8 rings (SSSR count). The quantitative estimate of drug-likeness (QED) is 0.216. The van der Waals surface area contributed by atoms with E-state index >= 15 is 0 Å². The van der Waals surface area contributed by atoms with E-state index in [4.69, 9.17) is 0 Å². The van der Waals surface area contributed by atoms with Crippen molar-refractivity contribution in [2.24, 2.45) is 0 Å². The standard InChI is InChI=1S/C39H21N5/c40-22-25-7-5-8-29(19-25)43-34-12-3-1-9-31(34)33-21-27(17-18-36(33)43)30-11-6-14-37-39(30)32-10-2-4-13-35(32)44(37)38-20-26(23-41)15-16-28(38)24-42/h1-21H. The van der Waals surface area contributed by atoms with Crippen LogP contribution in [0, 0.1) is 34.0 Å². The summed E-state index contributed by atoms with van der Waals surface area (Å²) in [6.07, 6.45) is 0. The lowest BCUT2D eigenvalue weighted by Gasteiger charge is -2.11. The average molecular weight is 560 g/mol. The topological polar surface area (TPSA) is 81.2 Å². The molecule has 6 aromatic carbocycles. The average Bonchev–Trinajstić information content (AvgIpc) is 3.60. The monoisotopic (exact) mass is 559 g/mol. The van der Waals surface area contributed by atoms with Gasteiger partial charge in [-0.2, -0.15) is 15.8 Å². The van der Waals surface area contributed by atoms with Crippen molar-refractivity contribution in [3.63, 3.8) is 0 Å². The Labute approximate surface area is 252 Å². The normalized spacial score (nSPS) is 11.1. The fraction of sp³-hybridized carbons (Fsp3) is 0. The first-order valence-electron chi connectivity index (χ1n) is 14.2. The fourth-order valence-corrected chi connectivity index (χ4v) is 6.53. The van der Waals surface area contributed by atoms with Crippen LogP contribution in [0.25, 0.3) is 66.1 Å². The molecular weight excluding hydrogens is 538 g/mol. The second-order valence-electron chi connectivity index (χ2n) is 10.8. The molecule has 0 unspecified atom stereocenters. The molecule has 8 aromatic rings. The van der Waals surface area contributed by atoms with Crippen molar-refractivity contribution in [3.8, 4) is 40.7 Å². The van der Waals surface area contributed by atoms with Crippen LogP contribution in [0.5, 0.6) is 0 Å². The van der Waals surface area contributed by atoms with E-state index in [1.54, 1.807) is 18.2 Å². The SMILES string of the molecule is N#Cc1cccc(-n2c3ccccc3c3cc(-c4cccc5c4c4ccccc4n5-c4cc(C#N)ccc4C#N)ccc32)c1. The van der Waals surface area contributed by atoms with Crippen molar-refractivity contribution >= 4 is 43.6 Å². The highest BCUT2D eigenvalue weighted by Crippen LogP contribution is 2.41. The number of fused-ring (bicyclic) bond motifs is 6. The number of nitrogens with zero attached hydrogens (tertiary/aromatic N) is 5. The predicted molar refractivity (Wildman–Crippen MR) is 175 cm³/mol. The zero-order chi connectivity index (χ0) is 29.8. The molecule has 2 heterocycles. The lowest BCUT2D eigenvalue weighted by Crippen LogP contribution is -1.98. The molecule has 2 aromatic heterocycles. The molecule has 0 fully saturated rings. The van der Waals surface area contributed by atoms with Crippen molar-refractivity contribution in [1.29, 1.82) is 15.8 Å². The van der Waals surface area contributed by atoms with Gasteiger partial charge in [-0.15, -0.1) is 0 Å². The summed E-state index contributed by atoms with van der Waals surface area (Å²) in [6.45, 7) is 0. The third-order valence-corrected chi connectivity index (χ3v) is 8.40. The Balaban J connectivity index is 1.43. The van der Waals surface area contributed by atoms with Crippen LogP contribution in [0.3, 0.4) is 0 Å². The van der Waals surface area contributed by atoms with Gasteiger partial charge in [-0.1, -0.05) is 60.7 Å². The molecule has 202 valence electrons. The summed E-state index contributed by atoms with van der Waals surface area (Å²) in [5.74, 6) is 0. The van der Waals surface area contributed by atoms with Gasteiger partial charge in [0.05, 0.1) is 56.6 Å². The van der Waals surface area contributed by atoms with Crippen LogP contribution in [-0.4, -0.2) is 9.13 Å². The zero-order valence-electron chi connectivity index (χ0n) is 23.4. The predicted octanol–water partition coefficient (Wildman–Crippen LogP) is 9.16. The summed E-state index contributed by atoms with van der Waals surface area (Å²) in [5, 5.41) is 33.6. The van der Waals surface area contributed by atoms with Gasteiger partial charge in [-0.25, -0.2) is 0 Å². The summed E-state index contributed by atoms with van der Waals surface area (Å²) in [6, 6.07) is 49.1. The first kappa shape index (κ1) is 25.1. The second kappa shape index (κ2) is 9.74. The molecule has 0 N–H and O–H groups in total. The molecule has 44 heavy (non-hydrogen) atoms. The molecule has 0 saturated heterocycles. The number of benzene rings is 6. The third-order valence-electron chi connectivity index (χ3n) is 8.40. The highest BCUT2D eigenvalue weighted by Gasteiger charge is 2.19. The molecular formula is C39H21N5. The van der Waals surface area contributed by atoms with Crippen molar-refractivity contribution in [2.75, 3.05) is 0 Å². The van der Waals surface area contributed by atoms with E-state index in [9.17, 15) is 15.8 Å². The van der Waals surface area contributed by atoms with Crippen LogP contribution in [0.1, 0.15) is 16.7 Å². The van der Waals surface area contributed by atoms with Crippen LogP contribution < -0.4 is 0 Å². The van der Waals surface area contributed by atoms with Gasteiger partial charge in [0.25, 0.3) is 0 Å². The summed E-state index contributed by atoms with van der Waals surface area (Å²) < 4.78 is 4.31. The van der Waals surface area contributed by atoms with Gasteiger partial charge in [-0.3, -0.25) is 0 Å². The number of rotatable bonds is 3. The Hall–Kier alpha value is -6.61. The first-order valence-corrected chi connectivity index (χ1v) is 14.2.